The fraction of sp³-hybridized carbons (Fsp3) is 0.400. The molecule has 1 heterocycles. The smallest absolute Gasteiger partial charge is 0.249 e. The topological polar surface area (TPSA) is 66.5 Å². The number of aryl methyl sites for hydroxylation is 1. The summed E-state index contributed by atoms with van der Waals surface area (Å²) in [6.45, 7) is 4.39. The lowest BCUT2D eigenvalue weighted by Gasteiger charge is -2.30. The monoisotopic (exact) mass is 274 g/mol. The summed E-state index contributed by atoms with van der Waals surface area (Å²) < 4.78 is 0. The minimum absolute atomic E-state index is 0.271. The van der Waals surface area contributed by atoms with Crippen molar-refractivity contribution in [2.24, 2.45) is 0 Å². The van der Waals surface area contributed by atoms with Gasteiger partial charge in [0.2, 0.25) is 18.2 Å². The summed E-state index contributed by atoms with van der Waals surface area (Å²) in [6.07, 6.45) is 1.34. The number of hydrogen-bond donors (Lipinski definition) is 1. The van der Waals surface area contributed by atoms with Gasteiger partial charge in [-0.25, -0.2) is 0 Å². The number of piperidine rings is 1. The zero-order valence-corrected chi connectivity index (χ0v) is 11.7. The van der Waals surface area contributed by atoms with E-state index >= 15 is 0 Å². The molecule has 1 aliphatic heterocycles. The molecule has 1 aromatic rings. The van der Waals surface area contributed by atoms with Crippen molar-refractivity contribution in [1.82, 2.24) is 10.2 Å². The van der Waals surface area contributed by atoms with Gasteiger partial charge in [0.05, 0.1) is 0 Å². The maximum Gasteiger partial charge on any atom is 0.249 e. The van der Waals surface area contributed by atoms with Gasteiger partial charge in [-0.15, -0.1) is 0 Å². The zero-order chi connectivity index (χ0) is 14.7. The van der Waals surface area contributed by atoms with Gasteiger partial charge >= 0.3 is 0 Å². The first-order valence-electron chi connectivity index (χ1n) is 6.62. The Morgan fingerprint density at radius 1 is 1.35 bits per heavy atom. The number of benzene rings is 1. The van der Waals surface area contributed by atoms with Gasteiger partial charge in [0.15, 0.2) is 0 Å². The lowest BCUT2D eigenvalue weighted by molar-refractivity contribution is -0.141. The minimum atomic E-state index is -0.565. The molecule has 20 heavy (non-hydrogen) atoms. The minimum Gasteiger partial charge on any atom is -0.329 e. The summed E-state index contributed by atoms with van der Waals surface area (Å²) in [4.78, 5) is 35.7. The van der Waals surface area contributed by atoms with Gasteiger partial charge < -0.3 is 4.90 Å². The first-order chi connectivity index (χ1) is 9.52. The molecule has 0 bridgehead atoms. The van der Waals surface area contributed by atoms with Crippen molar-refractivity contribution >= 4 is 18.2 Å². The van der Waals surface area contributed by atoms with E-state index in [2.05, 4.69) is 5.32 Å². The Hall–Kier alpha value is -2.17. The van der Waals surface area contributed by atoms with Crippen LogP contribution in [0.3, 0.4) is 0 Å². The maximum atomic E-state index is 11.8. The molecule has 1 saturated heterocycles. The molecule has 106 valence electrons. The van der Waals surface area contributed by atoms with Crippen LogP contribution >= 0.6 is 0 Å². The van der Waals surface area contributed by atoms with E-state index in [1.807, 2.05) is 32.0 Å². The number of carbonyl (C=O) groups excluding carboxylic acids is 3. The molecule has 0 aliphatic carbocycles. The SMILES string of the molecule is Cc1cccc(CN(C=O)C2CCC(=O)NC2=O)c1C. The van der Waals surface area contributed by atoms with Crippen molar-refractivity contribution in [3.8, 4) is 0 Å². The van der Waals surface area contributed by atoms with E-state index in [9.17, 15) is 14.4 Å². The first kappa shape index (κ1) is 14.2. The number of amides is 3. The fourth-order valence-electron chi connectivity index (χ4n) is 2.40. The molecule has 1 N–H and O–H groups in total. The molecule has 3 amide bonds. The summed E-state index contributed by atoms with van der Waals surface area (Å²) in [5.41, 5.74) is 3.28. The van der Waals surface area contributed by atoms with Crippen molar-refractivity contribution in [2.75, 3.05) is 0 Å². The Bertz CT molecular complexity index is 554. The summed E-state index contributed by atoms with van der Waals surface area (Å²) in [5, 5.41) is 2.28. The molecule has 0 spiro atoms. The maximum absolute atomic E-state index is 11.8. The third-order valence-electron chi connectivity index (χ3n) is 3.82. The van der Waals surface area contributed by atoms with E-state index in [4.69, 9.17) is 0 Å². The second kappa shape index (κ2) is 5.86. The highest BCUT2D eigenvalue weighted by atomic mass is 16.2. The quantitative estimate of drug-likeness (QED) is 0.659. The van der Waals surface area contributed by atoms with Crippen molar-refractivity contribution in [3.05, 3.63) is 34.9 Å². The van der Waals surface area contributed by atoms with E-state index < -0.39 is 11.9 Å². The molecule has 0 saturated carbocycles. The molecule has 0 radical (unpaired) electrons. The number of nitrogens with one attached hydrogen (secondary N) is 1. The van der Waals surface area contributed by atoms with Gasteiger partial charge in [0.25, 0.3) is 0 Å². The van der Waals surface area contributed by atoms with E-state index in [-0.39, 0.29) is 12.3 Å². The van der Waals surface area contributed by atoms with Crippen LogP contribution in [0, 0.1) is 13.8 Å². The molecule has 2 rings (SSSR count). The van der Waals surface area contributed by atoms with Crippen molar-refractivity contribution in [2.45, 2.75) is 39.3 Å². The van der Waals surface area contributed by atoms with Crippen LogP contribution in [-0.2, 0) is 20.9 Å². The highest BCUT2D eigenvalue weighted by molar-refractivity contribution is 6.00. The molecule has 1 aromatic carbocycles. The van der Waals surface area contributed by atoms with Crippen LogP contribution in [0.5, 0.6) is 0 Å². The van der Waals surface area contributed by atoms with Crippen LogP contribution in [0.1, 0.15) is 29.5 Å². The van der Waals surface area contributed by atoms with Gasteiger partial charge in [0, 0.05) is 13.0 Å². The Labute approximate surface area is 118 Å². The molecular formula is C15H18N2O3. The van der Waals surface area contributed by atoms with E-state index in [1.54, 1.807) is 0 Å². The fourth-order valence-corrected chi connectivity index (χ4v) is 2.40. The zero-order valence-electron chi connectivity index (χ0n) is 11.7. The lowest BCUT2D eigenvalue weighted by atomic mass is 10.0. The van der Waals surface area contributed by atoms with E-state index in [1.165, 1.54) is 4.90 Å². The number of carbonyl (C=O) groups is 3. The second-order valence-electron chi connectivity index (χ2n) is 5.10. The molecule has 1 atom stereocenters. The average molecular weight is 274 g/mol. The Kier molecular flexibility index (Phi) is 4.17. The van der Waals surface area contributed by atoms with E-state index in [0.29, 0.717) is 19.4 Å². The van der Waals surface area contributed by atoms with E-state index in [0.717, 1.165) is 16.7 Å². The Balaban J connectivity index is 2.17. The molecule has 1 fully saturated rings. The molecule has 1 unspecified atom stereocenters. The summed E-state index contributed by atoms with van der Waals surface area (Å²) in [7, 11) is 0. The lowest BCUT2D eigenvalue weighted by Crippen LogP contribution is -2.51. The van der Waals surface area contributed by atoms with Crippen molar-refractivity contribution in [1.29, 1.82) is 0 Å². The third-order valence-corrected chi connectivity index (χ3v) is 3.82. The molecule has 5 heteroatoms. The van der Waals surface area contributed by atoms with Gasteiger partial charge in [-0.3, -0.25) is 19.7 Å². The predicted molar refractivity (Wildman–Crippen MR) is 73.7 cm³/mol. The summed E-state index contributed by atoms with van der Waals surface area (Å²) >= 11 is 0. The van der Waals surface area contributed by atoms with Crippen molar-refractivity contribution < 1.29 is 14.4 Å². The molecule has 1 aliphatic rings. The molecular weight excluding hydrogens is 256 g/mol. The Morgan fingerprint density at radius 2 is 2.10 bits per heavy atom. The number of nitrogens with zero attached hydrogens (tertiary/aromatic N) is 1. The largest absolute Gasteiger partial charge is 0.329 e. The van der Waals surface area contributed by atoms with Gasteiger partial charge in [0.1, 0.15) is 6.04 Å². The van der Waals surface area contributed by atoms with Crippen LogP contribution < -0.4 is 5.32 Å². The molecule has 0 aromatic heterocycles. The standard InChI is InChI=1S/C15H18N2O3/c1-10-4-3-5-12(11(10)2)8-17(9-18)13-6-7-14(19)16-15(13)20/h3-5,9,13H,6-8H2,1-2H3,(H,16,19,20). The van der Waals surface area contributed by atoms with Gasteiger partial charge in [-0.2, -0.15) is 0 Å². The highest BCUT2D eigenvalue weighted by Crippen LogP contribution is 2.18. The summed E-state index contributed by atoms with van der Waals surface area (Å²) in [6, 6.07) is 5.33. The van der Waals surface area contributed by atoms with Crippen LogP contribution in [-0.4, -0.2) is 29.2 Å². The average Bonchev–Trinajstić information content (AvgIpc) is 2.41. The predicted octanol–water partition coefficient (Wildman–Crippen LogP) is 1.07. The van der Waals surface area contributed by atoms with Crippen LogP contribution in [0.25, 0.3) is 0 Å². The normalized spacial score (nSPS) is 18.6. The number of rotatable bonds is 4. The van der Waals surface area contributed by atoms with Crippen LogP contribution in [0.15, 0.2) is 18.2 Å². The Morgan fingerprint density at radius 3 is 2.75 bits per heavy atom. The second-order valence-corrected chi connectivity index (χ2v) is 5.10. The van der Waals surface area contributed by atoms with Crippen molar-refractivity contribution in [3.63, 3.8) is 0 Å². The van der Waals surface area contributed by atoms with Gasteiger partial charge in [-0.1, -0.05) is 18.2 Å². The van der Waals surface area contributed by atoms with Crippen LogP contribution in [0.2, 0.25) is 0 Å². The third kappa shape index (κ3) is 2.87. The van der Waals surface area contributed by atoms with Crippen LogP contribution in [0.4, 0.5) is 0 Å². The number of imide groups is 1. The summed E-state index contributed by atoms with van der Waals surface area (Å²) in [5.74, 6) is -0.664. The highest BCUT2D eigenvalue weighted by Gasteiger charge is 2.31. The number of hydrogen-bond acceptors (Lipinski definition) is 3. The first-order valence-corrected chi connectivity index (χ1v) is 6.62. The van der Waals surface area contributed by atoms with Gasteiger partial charge in [-0.05, 0) is 37.0 Å². The molecule has 5 nitrogen and oxygen atoms in total.